The molecule has 0 spiro atoms. The van der Waals surface area contributed by atoms with E-state index in [0.717, 1.165) is 42.7 Å². The van der Waals surface area contributed by atoms with Crippen molar-refractivity contribution in [2.75, 3.05) is 20.2 Å². The van der Waals surface area contributed by atoms with Gasteiger partial charge in [-0.2, -0.15) is 0 Å². The Balaban J connectivity index is 1.94. The molecule has 0 radical (unpaired) electrons. The van der Waals surface area contributed by atoms with Crippen LogP contribution in [0.1, 0.15) is 24.1 Å². The van der Waals surface area contributed by atoms with Crippen LogP contribution in [0.25, 0.3) is 10.9 Å². The SMILES string of the molecule is COc1ccc2c(c1)c(=O)c(CN1CCC(C(N)=O)CC1)c(C)n2C. The number of piperidine rings is 1. The standard InChI is InChI=1S/C19H25N3O3/c1-12-16(11-22-8-6-13(7-9-22)19(20)24)18(23)15-10-14(25-3)4-5-17(15)21(12)2/h4-5,10,13H,6-9,11H2,1-3H3,(H2,20,24). The second kappa shape index (κ2) is 6.88. The minimum atomic E-state index is -0.218. The molecule has 134 valence electrons. The predicted octanol–water partition coefficient (Wildman–Crippen LogP) is 1.55. The monoisotopic (exact) mass is 343 g/mol. The molecule has 1 fully saturated rings. The summed E-state index contributed by atoms with van der Waals surface area (Å²) in [6.07, 6.45) is 1.52. The number of aromatic nitrogens is 1. The van der Waals surface area contributed by atoms with Gasteiger partial charge in [-0.25, -0.2) is 0 Å². The molecule has 2 aromatic rings. The van der Waals surface area contributed by atoms with Gasteiger partial charge in [0.1, 0.15) is 5.75 Å². The molecule has 0 unspecified atom stereocenters. The molecule has 0 bridgehead atoms. The molecule has 2 heterocycles. The van der Waals surface area contributed by atoms with E-state index >= 15 is 0 Å². The van der Waals surface area contributed by atoms with Crippen LogP contribution in [-0.4, -0.2) is 35.6 Å². The normalized spacial score (nSPS) is 16.3. The summed E-state index contributed by atoms with van der Waals surface area (Å²) in [5, 5.41) is 0.675. The Morgan fingerprint density at radius 2 is 2.00 bits per heavy atom. The number of ether oxygens (including phenoxy) is 1. The Morgan fingerprint density at radius 1 is 1.32 bits per heavy atom. The number of primary amides is 1. The van der Waals surface area contributed by atoms with Gasteiger partial charge in [0, 0.05) is 36.2 Å². The maximum Gasteiger partial charge on any atom is 0.220 e. The summed E-state index contributed by atoms with van der Waals surface area (Å²) in [4.78, 5) is 26.6. The third kappa shape index (κ3) is 3.26. The van der Waals surface area contributed by atoms with Gasteiger partial charge in [0.15, 0.2) is 5.43 Å². The van der Waals surface area contributed by atoms with Crippen molar-refractivity contribution in [1.82, 2.24) is 9.47 Å². The third-order valence-electron chi connectivity index (χ3n) is 5.40. The maximum absolute atomic E-state index is 13.0. The average Bonchev–Trinajstić information content (AvgIpc) is 2.63. The van der Waals surface area contributed by atoms with E-state index in [1.165, 1.54) is 0 Å². The highest BCUT2D eigenvalue weighted by Crippen LogP contribution is 2.23. The number of nitrogens with zero attached hydrogens (tertiary/aromatic N) is 2. The first-order valence-corrected chi connectivity index (χ1v) is 8.60. The van der Waals surface area contributed by atoms with Crippen LogP contribution in [0.4, 0.5) is 0 Å². The highest BCUT2D eigenvalue weighted by Gasteiger charge is 2.24. The van der Waals surface area contributed by atoms with Crippen LogP contribution in [0.3, 0.4) is 0 Å². The van der Waals surface area contributed by atoms with E-state index in [9.17, 15) is 9.59 Å². The summed E-state index contributed by atoms with van der Waals surface area (Å²) in [5.41, 5.74) is 8.14. The molecular formula is C19H25N3O3. The molecule has 6 nitrogen and oxygen atoms in total. The number of hydrogen-bond donors (Lipinski definition) is 1. The van der Waals surface area contributed by atoms with Crippen LogP contribution in [0.5, 0.6) is 5.75 Å². The number of methoxy groups -OCH3 is 1. The lowest BCUT2D eigenvalue weighted by Crippen LogP contribution is -2.39. The summed E-state index contributed by atoms with van der Waals surface area (Å²) < 4.78 is 7.33. The van der Waals surface area contributed by atoms with Crippen molar-refractivity contribution in [2.24, 2.45) is 18.7 Å². The van der Waals surface area contributed by atoms with E-state index in [1.54, 1.807) is 13.2 Å². The number of fused-ring (bicyclic) bond motifs is 1. The lowest BCUT2D eigenvalue weighted by atomic mass is 9.95. The number of amides is 1. The third-order valence-corrected chi connectivity index (χ3v) is 5.40. The zero-order chi connectivity index (χ0) is 18.1. The molecule has 0 atom stereocenters. The molecule has 1 aliphatic rings. The Kier molecular flexibility index (Phi) is 4.81. The van der Waals surface area contributed by atoms with Crippen LogP contribution >= 0.6 is 0 Å². The maximum atomic E-state index is 13.0. The summed E-state index contributed by atoms with van der Waals surface area (Å²) in [5.74, 6) is 0.423. The number of rotatable bonds is 4. The average molecular weight is 343 g/mol. The fourth-order valence-electron chi connectivity index (χ4n) is 3.61. The van der Waals surface area contributed by atoms with Gasteiger partial charge in [0.2, 0.25) is 5.91 Å². The molecule has 3 rings (SSSR count). The zero-order valence-electron chi connectivity index (χ0n) is 15.0. The van der Waals surface area contributed by atoms with Crippen molar-refractivity contribution in [3.8, 4) is 5.75 Å². The predicted molar refractivity (Wildman–Crippen MR) is 97.7 cm³/mol. The smallest absolute Gasteiger partial charge is 0.220 e. The summed E-state index contributed by atoms with van der Waals surface area (Å²) in [7, 11) is 3.58. The van der Waals surface area contributed by atoms with E-state index in [0.29, 0.717) is 17.7 Å². The molecule has 25 heavy (non-hydrogen) atoms. The van der Waals surface area contributed by atoms with E-state index in [1.807, 2.05) is 26.1 Å². The number of benzene rings is 1. The summed E-state index contributed by atoms with van der Waals surface area (Å²) >= 11 is 0. The number of likely N-dealkylation sites (tertiary alicyclic amines) is 1. The zero-order valence-corrected chi connectivity index (χ0v) is 15.0. The van der Waals surface area contributed by atoms with Crippen molar-refractivity contribution in [1.29, 1.82) is 0 Å². The highest BCUT2D eigenvalue weighted by atomic mass is 16.5. The van der Waals surface area contributed by atoms with Gasteiger partial charge in [-0.15, -0.1) is 0 Å². The van der Waals surface area contributed by atoms with Gasteiger partial charge in [-0.1, -0.05) is 0 Å². The lowest BCUT2D eigenvalue weighted by molar-refractivity contribution is -0.123. The van der Waals surface area contributed by atoms with Crippen molar-refractivity contribution < 1.29 is 9.53 Å². The van der Waals surface area contributed by atoms with Crippen LogP contribution in [-0.2, 0) is 18.4 Å². The number of nitrogens with two attached hydrogens (primary N) is 1. The second-order valence-corrected chi connectivity index (χ2v) is 6.79. The van der Waals surface area contributed by atoms with E-state index in [2.05, 4.69) is 9.47 Å². The fourth-order valence-corrected chi connectivity index (χ4v) is 3.61. The molecule has 1 aromatic carbocycles. The summed E-state index contributed by atoms with van der Waals surface area (Å²) in [6, 6.07) is 5.60. The molecule has 1 amide bonds. The number of pyridine rings is 1. The molecular weight excluding hydrogens is 318 g/mol. The van der Waals surface area contributed by atoms with Gasteiger partial charge in [0.25, 0.3) is 0 Å². The quantitative estimate of drug-likeness (QED) is 0.914. The van der Waals surface area contributed by atoms with Crippen molar-refractivity contribution >= 4 is 16.8 Å². The molecule has 6 heteroatoms. The Bertz CT molecular complexity index is 864. The summed E-state index contributed by atoms with van der Waals surface area (Å²) in [6.45, 7) is 4.15. The lowest BCUT2D eigenvalue weighted by Gasteiger charge is -2.31. The number of hydrogen-bond acceptors (Lipinski definition) is 4. The Labute approximate surface area is 147 Å². The fraction of sp³-hybridized carbons (Fsp3) is 0.474. The van der Waals surface area contributed by atoms with E-state index in [-0.39, 0.29) is 17.3 Å². The topological polar surface area (TPSA) is 77.6 Å². The number of aryl methyl sites for hydroxylation is 1. The van der Waals surface area contributed by atoms with E-state index in [4.69, 9.17) is 10.5 Å². The van der Waals surface area contributed by atoms with Crippen molar-refractivity contribution in [3.63, 3.8) is 0 Å². The Hall–Kier alpha value is -2.34. The van der Waals surface area contributed by atoms with Gasteiger partial charge >= 0.3 is 0 Å². The molecule has 0 aliphatic carbocycles. The minimum Gasteiger partial charge on any atom is -0.497 e. The van der Waals surface area contributed by atoms with Crippen molar-refractivity contribution in [3.05, 3.63) is 39.7 Å². The molecule has 1 aromatic heterocycles. The first kappa shape index (κ1) is 17.5. The van der Waals surface area contributed by atoms with Crippen LogP contribution in [0, 0.1) is 12.8 Å². The molecule has 1 aliphatic heterocycles. The van der Waals surface area contributed by atoms with Gasteiger partial charge in [-0.05, 0) is 51.1 Å². The molecule has 2 N–H and O–H groups in total. The van der Waals surface area contributed by atoms with Crippen LogP contribution < -0.4 is 15.9 Å². The largest absolute Gasteiger partial charge is 0.497 e. The highest BCUT2D eigenvalue weighted by molar-refractivity contribution is 5.81. The van der Waals surface area contributed by atoms with Crippen molar-refractivity contribution in [2.45, 2.75) is 26.3 Å². The molecule has 0 saturated carbocycles. The first-order chi connectivity index (χ1) is 11.9. The van der Waals surface area contributed by atoms with Crippen LogP contribution in [0.15, 0.2) is 23.0 Å². The number of carbonyl (C=O) groups is 1. The Morgan fingerprint density at radius 3 is 2.60 bits per heavy atom. The minimum absolute atomic E-state index is 0.0407. The van der Waals surface area contributed by atoms with Gasteiger partial charge < -0.3 is 15.0 Å². The van der Waals surface area contributed by atoms with E-state index < -0.39 is 0 Å². The van der Waals surface area contributed by atoms with Gasteiger partial charge in [-0.3, -0.25) is 14.5 Å². The second-order valence-electron chi connectivity index (χ2n) is 6.79. The first-order valence-electron chi connectivity index (χ1n) is 8.60. The number of carbonyl (C=O) groups excluding carboxylic acids is 1. The van der Waals surface area contributed by atoms with Crippen LogP contribution in [0.2, 0.25) is 0 Å². The molecule has 1 saturated heterocycles. The van der Waals surface area contributed by atoms with Gasteiger partial charge in [0.05, 0.1) is 12.6 Å².